The predicted octanol–water partition coefficient (Wildman–Crippen LogP) is 0.758. The summed E-state index contributed by atoms with van der Waals surface area (Å²) in [7, 11) is -1.83. The van der Waals surface area contributed by atoms with E-state index in [0.717, 1.165) is 6.26 Å². The van der Waals surface area contributed by atoms with Crippen molar-refractivity contribution in [3.8, 4) is 11.5 Å². The Kier molecular flexibility index (Phi) is 9.38. The van der Waals surface area contributed by atoms with Crippen molar-refractivity contribution in [2.45, 2.75) is 25.7 Å². The van der Waals surface area contributed by atoms with E-state index in [2.05, 4.69) is 10.6 Å². The van der Waals surface area contributed by atoms with Crippen LogP contribution in [-0.2, 0) is 19.6 Å². The maximum absolute atomic E-state index is 12.6. The van der Waals surface area contributed by atoms with Crippen LogP contribution >= 0.6 is 0 Å². The molecular formula is C20H31N3O6S. The topological polar surface area (TPSA) is 114 Å². The summed E-state index contributed by atoms with van der Waals surface area (Å²) in [6.07, 6.45) is 2.85. The highest BCUT2D eigenvalue weighted by atomic mass is 32.2. The number of ether oxygens (including phenoxy) is 2. The molecule has 1 atom stereocenters. The highest BCUT2D eigenvalue weighted by Gasteiger charge is 2.23. The fourth-order valence-electron chi connectivity index (χ4n) is 3.28. The minimum Gasteiger partial charge on any atom is -0.493 e. The number of sulfonamides is 1. The molecule has 1 aromatic carbocycles. The van der Waals surface area contributed by atoms with Gasteiger partial charge < -0.3 is 20.1 Å². The minimum absolute atomic E-state index is 0.115. The second kappa shape index (κ2) is 11.8. The number of amides is 2. The summed E-state index contributed by atoms with van der Waals surface area (Å²) < 4.78 is 36.0. The monoisotopic (exact) mass is 441 g/mol. The van der Waals surface area contributed by atoms with Gasteiger partial charge >= 0.3 is 0 Å². The third-order valence-electron chi connectivity index (χ3n) is 4.93. The van der Waals surface area contributed by atoms with Gasteiger partial charge in [0.15, 0.2) is 11.5 Å². The van der Waals surface area contributed by atoms with Gasteiger partial charge in [-0.05, 0) is 31.4 Å². The first-order chi connectivity index (χ1) is 14.3. The number of nitrogens with one attached hydrogen (secondary N) is 2. The van der Waals surface area contributed by atoms with Crippen LogP contribution < -0.4 is 20.1 Å². The van der Waals surface area contributed by atoms with Gasteiger partial charge in [0.1, 0.15) is 6.61 Å². The molecule has 0 radical (unpaired) electrons. The Bertz CT molecular complexity index is 815. The third-order valence-corrected chi connectivity index (χ3v) is 6.23. The number of carbonyl (C=O) groups excluding carboxylic acids is 2. The fraction of sp³-hybridized carbons (Fsp3) is 0.600. The van der Waals surface area contributed by atoms with E-state index in [-0.39, 0.29) is 37.3 Å². The maximum Gasteiger partial charge on any atom is 0.223 e. The molecule has 1 fully saturated rings. The van der Waals surface area contributed by atoms with E-state index in [1.165, 1.54) is 4.31 Å². The molecule has 1 saturated heterocycles. The second-order valence-electron chi connectivity index (χ2n) is 7.18. The first kappa shape index (κ1) is 23.9. The van der Waals surface area contributed by atoms with Gasteiger partial charge in [0.2, 0.25) is 21.8 Å². The average molecular weight is 442 g/mol. The molecule has 168 valence electrons. The van der Waals surface area contributed by atoms with Gasteiger partial charge in [0, 0.05) is 32.0 Å². The predicted molar refractivity (Wildman–Crippen MR) is 113 cm³/mol. The van der Waals surface area contributed by atoms with E-state index < -0.39 is 10.0 Å². The Balaban J connectivity index is 1.86. The zero-order valence-electron chi connectivity index (χ0n) is 17.6. The van der Waals surface area contributed by atoms with Gasteiger partial charge in [0.25, 0.3) is 0 Å². The molecule has 10 heteroatoms. The normalized spacial score (nSPS) is 19.3. The Morgan fingerprint density at radius 1 is 1.23 bits per heavy atom. The van der Waals surface area contributed by atoms with Crippen molar-refractivity contribution < 1.29 is 27.5 Å². The molecule has 0 aromatic heterocycles. The molecular weight excluding hydrogens is 410 g/mol. The number of methoxy groups -OCH3 is 1. The number of nitrogens with zero attached hydrogens (tertiary/aromatic N) is 1. The molecule has 1 aromatic rings. The lowest BCUT2D eigenvalue weighted by Gasteiger charge is -2.20. The van der Waals surface area contributed by atoms with Crippen molar-refractivity contribution in [1.29, 1.82) is 0 Å². The molecule has 2 amide bonds. The van der Waals surface area contributed by atoms with Gasteiger partial charge in [-0.2, -0.15) is 0 Å². The van der Waals surface area contributed by atoms with E-state index >= 15 is 0 Å². The number of hydrogen-bond acceptors (Lipinski definition) is 6. The molecule has 30 heavy (non-hydrogen) atoms. The molecule has 1 aliphatic rings. The summed E-state index contributed by atoms with van der Waals surface area (Å²) in [6, 6.07) is 7.28. The van der Waals surface area contributed by atoms with E-state index in [1.807, 2.05) is 12.1 Å². The highest BCUT2D eigenvalue weighted by molar-refractivity contribution is 7.88. The van der Waals surface area contributed by atoms with Crippen molar-refractivity contribution in [1.82, 2.24) is 14.9 Å². The highest BCUT2D eigenvalue weighted by Crippen LogP contribution is 2.25. The van der Waals surface area contributed by atoms with Crippen LogP contribution in [0.3, 0.4) is 0 Å². The first-order valence-corrected chi connectivity index (χ1v) is 11.9. The smallest absolute Gasteiger partial charge is 0.223 e. The van der Waals surface area contributed by atoms with Crippen LogP contribution in [0.25, 0.3) is 0 Å². The summed E-state index contributed by atoms with van der Waals surface area (Å²) >= 11 is 0. The quantitative estimate of drug-likeness (QED) is 0.604. The fourth-order valence-corrected chi connectivity index (χ4v) is 4.17. The lowest BCUT2D eigenvalue weighted by Crippen LogP contribution is -2.36. The molecule has 0 spiro atoms. The minimum atomic E-state index is -3.39. The summed E-state index contributed by atoms with van der Waals surface area (Å²) in [5, 5.41) is 5.62. The average Bonchev–Trinajstić information content (AvgIpc) is 2.75. The van der Waals surface area contributed by atoms with Crippen LogP contribution in [0.4, 0.5) is 0 Å². The molecule has 1 aliphatic heterocycles. The van der Waals surface area contributed by atoms with Gasteiger partial charge in [-0.15, -0.1) is 0 Å². The molecule has 2 rings (SSSR count). The van der Waals surface area contributed by atoms with Crippen molar-refractivity contribution in [3.63, 3.8) is 0 Å². The summed E-state index contributed by atoms with van der Waals surface area (Å²) in [6.45, 7) is 1.45. The van der Waals surface area contributed by atoms with E-state index in [4.69, 9.17) is 9.47 Å². The molecule has 1 unspecified atom stereocenters. The Morgan fingerprint density at radius 2 is 1.97 bits per heavy atom. The van der Waals surface area contributed by atoms with Crippen LogP contribution in [0.15, 0.2) is 24.3 Å². The van der Waals surface area contributed by atoms with Gasteiger partial charge in [0.05, 0.1) is 19.9 Å². The summed E-state index contributed by atoms with van der Waals surface area (Å²) in [5.41, 5.74) is 0. The SMILES string of the molecule is COc1ccccc1OCCNC(=O)C1CCCN(S(C)(=O)=O)CCC(=O)NCC1. The van der Waals surface area contributed by atoms with Crippen LogP contribution in [0, 0.1) is 5.92 Å². The Labute approximate surface area is 178 Å². The maximum atomic E-state index is 12.6. The van der Waals surface area contributed by atoms with Crippen LogP contribution in [0.2, 0.25) is 0 Å². The first-order valence-electron chi connectivity index (χ1n) is 10.1. The van der Waals surface area contributed by atoms with Crippen molar-refractivity contribution in [2.75, 3.05) is 46.2 Å². The molecule has 0 bridgehead atoms. The van der Waals surface area contributed by atoms with Gasteiger partial charge in [-0.25, -0.2) is 12.7 Å². The zero-order valence-corrected chi connectivity index (χ0v) is 18.4. The Hall–Kier alpha value is -2.33. The molecule has 1 heterocycles. The number of hydrogen-bond donors (Lipinski definition) is 2. The van der Waals surface area contributed by atoms with Crippen molar-refractivity contribution in [2.24, 2.45) is 5.92 Å². The summed E-state index contributed by atoms with van der Waals surface area (Å²) in [4.78, 5) is 24.5. The Morgan fingerprint density at radius 3 is 2.67 bits per heavy atom. The largest absolute Gasteiger partial charge is 0.493 e. The third kappa shape index (κ3) is 7.83. The lowest BCUT2D eigenvalue weighted by molar-refractivity contribution is -0.126. The van der Waals surface area contributed by atoms with Gasteiger partial charge in [-0.1, -0.05) is 12.1 Å². The van der Waals surface area contributed by atoms with Crippen LogP contribution in [0.1, 0.15) is 25.7 Å². The van der Waals surface area contributed by atoms with E-state index in [1.54, 1.807) is 19.2 Å². The molecule has 2 N–H and O–H groups in total. The second-order valence-corrected chi connectivity index (χ2v) is 9.16. The number of rotatable bonds is 7. The molecule has 0 aliphatic carbocycles. The van der Waals surface area contributed by atoms with Gasteiger partial charge in [-0.3, -0.25) is 9.59 Å². The van der Waals surface area contributed by atoms with E-state index in [0.29, 0.717) is 50.4 Å². The van der Waals surface area contributed by atoms with Crippen LogP contribution in [0.5, 0.6) is 11.5 Å². The van der Waals surface area contributed by atoms with Crippen molar-refractivity contribution >= 4 is 21.8 Å². The lowest BCUT2D eigenvalue weighted by atomic mass is 9.98. The molecule has 9 nitrogen and oxygen atoms in total. The standard InChI is InChI=1S/C20H31N3O6S/c1-28-17-7-3-4-8-18(17)29-15-12-22-20(25)16-6-5-13-23(30(2,26)27)14-10-19(24)21-11-9-16/h3-4,7-8,16H,5-6,9-15H2,1-2H3,(H,21,24)(H,22,25). The van der Waals surface area contributed by atoms with Crippen molar-refractivity contribution in [3.05, 3.63) is 24.3 Å². The van der Waals surface area contributed by atoms with Crippen LogP contribution in [-0.4, -0.2) is 70.7 Å². The summed E-state index contributed by atoms with van der Waals surface area (Å²) in [5.74, 6) is 0.579. The van der Waals surface area contributed by atoms with E-state index in [9.17, 15) is 18.0 Å². The number of benzene rings is 1. The zero-order chi connectivity index (χ0) is 22.0. The number of para-hydroxylation sites is 2. The molecule has 0 saturated carbocycles. The number of carbonyl (C=O) groups is 2.